The maximum Gasteiger partial charge on any atom is 0.338 e. The number of esters is 1. The molecule has 23 heavy (non-hydrogen) atoms. The van der Waals surface area contributed by atoms with Gasteiger partial charge >= 0.3 is 5.97 Å². The molecule has 0 aliphatic carbocycles. The first kappa shape index (κ1) is 15.0. The molecule has 1 N–H and O–H groups in total. The van der Waals surface area contributed by atoms with Crippen LogP contribution >= 0.6 is 0 Å². The molecule has 0 amide bonds. The van der Waals surface area contributed by atoms with Gasteiger partial charge in [-0.1, -0.05) is 24.3 Å². The van der Waals surface area contributed by atoms with Crippen LogP contribution in [-0.2, 0) is 4.74 Å². The van der Waals surface area contributed by atoms with Crippen LogP contribution in [0.4, 0.5) is 11.4 Å². The summed E-state index contributed by atoms with van der Waals surface area (Å²) in [7, 11) is 0. The minimum absolute atomic E-state index is 0.313. The average Bonchev–Trinajstić information content (AvgIpc) is 2.56. The number of anilines is 2. The highest BCUT2D eigenvalue weighted by Crippen LogP contribution is 2.27. The summed E-state index contributed by atoms with van der Waals surface area (Å²) in [6, 6.07) is 15.3. The van der Waals surface area contributed by atoms with E-state index in [1.807, 2.05) is 43.3 Å². The number of carbonyl (C=O) groups is 1. The van der Waals surface area contributed by atoms with E-state index in [9.17, 15) is 4.79 Å². The molecular formula is C19H18N2O2. The van der Waals surface area contributed by atoms with Gasteiger partial charge in [0.25, 0.3) is 0 Å². The van der Waals surface area contributed by atoms with Crippen molar-refractivity contribution in [3.05, 3.63) is 65.9 Å². The zero-order valence-electron chi connectivity index (χ0n) is 13.2. The van der Waals surface area contributed by atoms with Crippen molar-refractivity contribution < 1.29 is 9.53 Å². The number of fused-ring (bicyclic) bond motifs is 1. The molecule has 4 nitrogen and oxygen atoms in total. The monoisotopic (exact) mass is 306 g/mol. The summed E-state index contributed by atoms with van der Waals surface area (Å²) < 4.78 is 5.04. The van der Waals surface area contributed by atoms with Crippen molar-refractivity contribution in [1.82, 2.24) is 4.98 Å². The number of nitrogens with zero attached hydrogens (tertiary/aromatic N) is 1. The molecule has 1 heterocycles. The number of pyridine rings is 1. The second-order valence-corrected chi connectivity index (χ2v) is 5.26. The second-order valence-electron chi connectivity index (χ2n) is 5.26. The quantitative estimate of drug-likeness (QED) is 0.723. The van der Waals surface area contributed by atoms with Gasteiger partial charge in [-0.15, -0.1) is 0 Å². The minimum atomic E-state index is -0.313. The van der Waals surface area contributed by atoms with Crippen LogP contribution in [0.1, 0.15) is 22.8 Å². The first-order valence-corrected chi connectivity index (χ1v) is 7.57. The lowest BCUT2D eigenvalue weighted by Gasteiger charge is -2.11. The molecule has 0 saturated heterocycles. The van der Waals surface area contributed by atoms with E-state index in [-0.39, 0.29) is 5.97 Å². The van der Waals surface area contributed by atoms with Crippen molar-refractivity contribution in [2.75, 3.05) is 11.9 Å². The van der Waals surface area contributed by atoms with Crippen LogP contribution in [0, 0.1) is 6.92 Å². The fourth-order valence-electron chi connectivity index (χ4n) is 2.53. The smallest absolute Gasteiger partial charge is 0.338 e. The van der Waals surface area contributed by atoms with Crippen molar-refractivity contribution in [3.8, 4) is 0 Å². The lowest BCUT2D eigenvalue weighted by molar-refractivity contribution is 0.0526. The standard InChI is InChI=1S/C19H18N2O2/c1-3-23-19(22)14-7-5-8-15(12-14)21-17-10-11-20-18-13(2)6-4-9-16(17)18/h4-12H,3H2,1-2H3,(H,20,21). The summed E-state index contributed by atoms with van der Waals surface area (Å²) >= 11 is 0. The molecule has 2 aromatic carbocycles. The van der Waals surface area contributed by atoms with E-state index >= 15 is 0 Å². The molecule has 3 aromatic rings. The van der Waals surface area contributed by atoms with Gasteiger partial charge < -0.3 is 10.1 Å². The maximum atomic E-state index is 11.8. The van der Waals surface area contributed by atoms with Gasteiger partial charge in [-0.2, -0.15) is 0 Å². The summed E-state index contributed by atoms with van der Waals surface area (Å²) in [5.41, 5.74) is 4.43. The van der Waals surface area contributed by atoms with E-state index in [4.69, 9.17) is 4.74 Å². The molecule has 0 saturated carbocycles. The molecule has 0 spiro atoms. The largest absolute Gasteiger partial charge is 0.462 e. The highest BCUT2D eigenvalue weighted by molar-refractivity contribution is 5.95. The normalized spacial score (nSPS) is 10.5. The second kappa shape index (κ2) is 6.48. The Labute approximate surface area is 135 Å². The van der Waals surface area contributed by atoms with Gasteiger partial charge in [-0.3, -0.25) is 4.98 Å². The molecule has 0 aliphatic heterocycles. The first-order valence-electron chi connectivity index (χ1n) is 7.57. The highest BCUT2D eigenvalue weighted by Gasteiger charge is 2.08. The summed E-state index contributed by atoms with van der Waals surface area (Å²) in [6.07, 6.45) is 1.78. The SMILES string of the molecule is CCOC(=O)c1cccc(Nc2ccnc3c(C)cccc23)c1. The van der Waals surface area contributed by atoms with Crippen molar-refractivity contribution >= 4 is 28.2 Å². The molecule has 0 radical (unpaired) electrons. The van der Waals surface area contributed by atoms with Crippen LogP contribution in [0.15, 0.2) is 54.7 Å². The average molecular weight is 306 g/mol. The van der Waals surface area contributed by atoms with Crippen molar-refractivity contribution in [1.29, 1.82) is 0 Å². The Hall–Kier alpha value is -2.88. The number of aromatic nitrogens is 1. The van der Waals surface area contributed by atoms with E-state index in [2.05, 4.69) is 10.3 Å². The predicted octanol–water partition coefficient (Wildman–Crippen LogP) is 4.46. The van der Waals surface area contributed by atoms with Gasteiger partial charge in [0.05, 0.1) is 17.7 Å². The third-order valence-electron chi connectivity index (χ3n) is 3.63. The molecule has 3 rings (SSSR count). The van der Waals surface area contributed by atoms with Crippen molar-refractivity contribution in [2.24, 2.45) is 0 Å². The molecule has 116 valence electrons. The van der Waals surface area contributed by atoms with E-state index in [0.717, 1.165) is 27.8 Å². The van der Waals surface area contributed by atoms with Gasteiger partial charge in [-0.25, -0.2) is 4.79 Å². The first-order chi connectivity index (χ1) is 11.2. The third-order valence-corrected chi connectivity index (χ3v) is 3.63. The summed E-state index contributed by atoms with van der Waals surface area (Å²) in [6.45, 7) is 4.21. The number of carbonyl (C=O) groups excluding carboxylic acids is 1. The molecule has 1 aromatic heterocycles. The Bertz CT molecular complexity index is 859. The Kier molecular flexibility index (Phi) is 4.24. The zero-order valence-corrected chi connectivity index (χ0v) is 13.2. The Morgan fingerprint density at radius 2 is 2.00 bits per heavy atom. The van der Waals surface area contributed by atoms with Gasteiger partial charge in [0, 0.05) is 23.0 Å². The number of para-hydroxylation sites is 1. The number of benzene rings is 2. The van der Waals surface area contributed by atoms with Crippen LogP contribution < -0.4 is 5.32 Å². The van der Waals surface area contributed by atoms with E-state index in [1.54, 1.807) is 25.3 Å². The highest BCUT2D eigenvalue weighted by atomic mass is 16.5. The van der Waals surface area contributed by atoms with E-state index in [1.165, 1.54) is 0 Å². The molecule has 0 aliphatic rings. The van der Waals surface area contributed by atoms with Gasteiger partial charge in [0.15, 0.2) is 0 Å². The van der Waals surface area contributed by atoms with Crippen LogP contribution in [-0.4, -0.2) is 17.6 Å². The molecule has 0 atom stereocenters. The molecule has 0 bridgehead atoms. The van der Waals surface area contributed by atoms with Crippen LogP contribution in [0.3, 0.4) is 0 Å². The van der Waals surface area contributed by atoms with Crippen molar-refractivity contribution in [3.63, 3.8) is 0 Å². The Balaban J connectivity index is 1.95. The number of rotatable bonds is 4. The van der Waals surface area contributed by atoms with Crippen LogP contribution in [0.5, 0.6) is 0 Å². The van der Waals surface area contributed by atoms with Crippen LogP contribution in [0.2, 0.25) is 0 Å². The van der Waals surface area contributed by atoms with Gasteiger partial charge in [0.1, 0.15) is 0 Å². The molecule has 0 fully saturated rings. The van der Waals surface area contributed by atoms with Gasteiger partial charge in [-0.05, 0) is 43.7 Å². The molecular weight excluding hydrogens is 288 g/mol. The fraction of sp³-hybridized carbons (Fsp3) is 0.158. The minimum Gasteiger partial charge on any atom is -0.462 e. The van der Waals surface area contributed by atoms with Crippen molar-refractivity contribution in [2.45, 2.75) is 13.8 Å². The number of hydrogen-bond donors (Lipinski definition) is 1. The maximum absolute atomic E-state index is 11.8. The Morgan fingerprint density at radius 3 is 2.83 bits per heavy atom. The summed E-state index contributed by atoms with van der Waals surface area (Å²) in [4.78, 5) is 16.3. The van der Waals surface area contributed by atoms with E-state index in [0.29, 0.717) is 12.2 Å². The number of aryl methyl sites for hydroxylation is 1. The van der Waals surface area contributed by atoms with E-state index < -0.39 is 0 Å². The predicted molar refractivity (Wildman–Crippen MR) is 92.2 cm³/mol. The zero-order chi connectivity index (χ0) is 16.2. The topological polar surface area (TPSA) is 51.2 Å². The number of hydrogen-bond acceptors (Lipinski definition) is 4. The summed E-state index contributed by atoms with van der Waals surface area (Å²) in [5, 5.41) is 4.41. The lowest BCUT2D eigenvalue weighted by Crippen LogP contribution is -2.05. The fourth-order valence-corrected chi connectivity index (χ4v) is 2.53. The third kappa shape index (κ3) is 3.16. The lowest BCUT2D eigenvalue weighted by atomic mass is 10.1. The summed E-state index contributed by atoms with van der Waals surface area (Å²) in [5.74, 6) is -0.313. The Morgan fingerprint density at radius 1 is 1.17 bits per heavy atom. The number of nitrogens with one attached hydrogen (secondary N) is 1. The molecule has 0 unspecified atom stereocenters. The molecule has 4 heteroatoms. The number of ether oxygens (including phenoxy) is 1. The van der Waals surface area contributed by atoms with Gasteiger partial charge in [0.2, 0.25) is 0 Å². The van der Waals surface area contributed by atoms with Crippen LogP contribution in [0.25, 0.3) is 10.9 Å².